The summed E-state index contributed by atoms with van der Waals surface area (Å²) in [6.07, 6.45) is 1.91. The summed E-state index contributed by atoms with van der Waals surface area (Å²) in [7, 11) is 5.22. The summed E-state index contributed by atoms with van der Waals surface area (Å²) in [5, 5.41) is 6.58. The van der Waals surface area contributed by atoms with Crippen LogP contribution in [-0.2, 0) is 0 Å². The molecule has 0 radical (unpaired) electrons. The van der Waals surface area contributed by atoms with Crippen LogP contribution in [0.1, 0.15) is 5.56 Å². The van der Waals surface area contributed by atoms with Crippen LogP contribution in [0.2, 0.25) is 0 Å². The Morgan fingerprint density at radius 2 is 1.22 bits per heavy atom. The van der Waals surface area contributed by atoms with E-state index in [1.165, 1.54) is 32.1 Å². The number of hydrogen-bond acceptors (Lipinski definition) is 0. The lowest BCUT2D eigenvalue weighted by molar-refractivity contribution is 1.75. The summed E-state index contributed by atoms with van der Waals surface area (Å²) in [5.41, 5.74) is 1.17. The fourth-order valence-corrected chi connectivity index (χ4v) is 6.12. The molecular formula is C20H19P3. The molecule has 0 nitrogen and oxygen atoms in total. The monoisotopic (exact) mass is 352 g/mol. The van der Waals surface area contributed by atoms with Crippen molar-refractivity contribution in [3.8, 4) is 0 Å². The molecule has 0 saturated heterocycles. The Bertz CT molecular complexity index is 772. The average Bonchev–Trinajstić information content (AvgIpc) is 2.61. The fraction of sp³-hybridized carbons (Fsp3) is 0. The molecule has 0 saturated carbocycles. The first-order valence-electron chi connectivity index (χ1n) is 7.43. The summed E-state index contributed by atoms with van der Waals surface area (Å²) in [4.78, 5) is 0. The van der Waals surface area contributed by atoms with Gasteiger partial charge in [-0.3, -0.25) is 0 Å². The van der Waals surface area contributed by atoms with Crippen molar-refractivity contribution in [2.24, 2.45) is 0 Å². The molecule has 3 aromatic rings. The summed E-state index contributed by atoms with van der Waals surface area (Å²) >= 11 is 0. The molecule has 114 valence electrons. The molecule has 0 spiro atoms. The minimum atomic E-state index is -0.569. The number of benzene rings is 3. The van der Waals surface area contributed by atoms with Crippen molar-refractivity contribution >= 4 is 59.0 Å². The quantitative estimate of drug-likeness (QED) is 0.633. The first-order valence-corrected chi connectivity index (χ1v) is 9.92. The third kappa shape index (κ3) is 3.46. The van der Waals surface area contributed by atoms with E-state index in [0.717, 1.165) is 0 Å². The SMILES string of the molecule is C=Cc1ccc(P(c2ccccc2)c2ccccc2)c(P)c1P. The van der Waals surface area contributed by atoms with Crippen molar-refractivity contribution in [1.29, 1.82) is 0 Å². The molecule has 2 atom stereocenters. The smallest absolute Gasteiger partial charge is 0.00728 e. The molecule has 0 bridgehead atoms. The highest BCUT2D eigenvalue weighted by Gasteiger charge is 2.19. The van der Waals surface area contributed by atoms with Gasteiger partial charge in [-0.2, -0.15) is 0 Å². The van der Waals surface area contributed by atoms with E-state index >= 15 is 0 Å². The van der Waals surface area contributed by atoms with Gasteiger partial charge in [0.25, 0.3) is 0 Å². The summed E-state index contributed by atoms with van der Waals surface area (Å²) in [6.45, 7) is 3.91. The Morgan fingerprint density at radius 3 is 1.70 bits per heavy atom. The van der Waals surface area contributed by atoms with E-state index in [4.69, 9.17) is 0 Å². The summed E-state index contributed by atoms with van der Waals surface area (Å²) in [6, 6.07) is 26.0. The zero-order valence-electron chi connectivity index (χ0n) is 12.8. The fourth-order valence-electron chi connectivity index (χ4n) is 2.60. The van der Waals surface area contributed by atoms with E-state index in [2.05, 4.69) is 97.9 Å². The predicted molar refractivity (Wildman–Crippen MR) is 114 cm³/mol. The molecule has 3 aromatic carbocycles. The van der Waals surface area contributed by atoms with Crippen molar-refractivity contribution in [3.05, 3.63) is 84.9 Å². The van der Waals surface area contributed by atoms with Crippen molar-refractivity contribution in [1.82, 2.24) is 0 Å². The Morgan fingerprint density at radius 1 is 0.696 bits per heavy atom. The second-order valence-corrected chi connectivity index (χ2v) is 8.55. The maximum atomic E-state index is 3.91. The lowest BCUT2D eigenvalue weighted by atomic mass is 10.2. The maximum Gasteiger partial charge on any atom is -0.00728 e. The molecule has 0 aliphatic rings. The third-order valence-corrected chi connectivity index (χ3v) is 8.13. The second kappa shape index (κ2) is 7.51. The van der Waals surface area contributed by atoms with Gasteiger partial charge in [-0.15, -0.1) is 18.5 Å². The van der Waals surface area contributed by atoms with Crippen LogP contribution in [0.15, 0.2) is 79.4 Å². The molecule has 0 N–H and O–H groups in total. The molecule has 0 aliphatic heterocycles. The van der Waals surface area contributed by atoms with E-state index in [9.17, 15) is 0 Å². The van der Waals surface area contributed by atoms with E-state index in [0.29, 0.717) is 0 Å². The zero-order chi connectivity index (χ0) is 16.2. The van der Waals surface area contributed by atoms with Gasteiger partial charge in [0.05, 0.1) is 0 Å². The highest BCUT2D eigenvalue weighted by atomic mass is 31.1. The van der Waals surface area contributed by atoms with E-state index in [1.54, 1.807) is 0 Å². The number of hydrogen-bond donors (Lipinski definition) is 0. The minimum absolute atomic E-state index is 0.569. The van der Waals surface area contributed by atoms with Crippen LogP contribution >= 0.6 is 26.4 Å². The van der Waals surface area contributed by atoms with Crippen LogP contribution < -0.4 is 26.5 Å². The van der Waals surface area contributed by atoms with Gasteiger partial charge in [-0.1, -0.05) is 85.5 Å². The molecule has 0 heterocycles. The Balaban J connectivity index is 2.21. The van der Waals surface area contributed by atoms with E-state index < -0.39 is 7.92 Å². The first kappa shape index (κ1) is 16.5. The molecule has 2 unspecified atom stereocenters. The second-order valence-electron chi connectivity index (χ2n) is 5.21. The summed E-state index contributed by atoms with van der Waals surface area (Å²) < 4.78 is 0. The van der Waals surface area contributed by atoms with Crippen molar-refractivity contribution in [2.75, 3.05) is 0 Å². The Hall–Kier alpha value is -1.31. The van der Waals surface area contributed by atoms with Gasteiger partial charge in [0.15, 0.2) is 0 Å². The molecule has 0 aliphatic carbocycles. The topological polar surface area (TPSA) is 0 Å². The molecule has 0 aromatic heterocycles. The highest BCUT2D eigenvalue weighted by molar-refractivity contribution is 7.80. The Labute approximate surface area is 144 Å². The van der Waals surface area contributed by atoms with Crippen LogP contribution in [0.3, 0.4) is 0 Å². The van der Waals surface area contributed by atoms with Gasteiger partial charge < -0.3 is 0 Å². The van der Waals surface area contributed by atoms with Crippen molar-refractivity contribution in [3.63, 3.8) is 0 Å². The number of rotatable bonds is 4. The predicted octanol–water partition coefficient (Wildman–Crippen LogP) is 3.09. The summed E-state index contributed by atoms with van der Waals surface area (Å²) in [5.74, 6) is 0. The van der Waals surface area contributed by atoms with Gasteiger partial charge in [0.2, 0.25) is 0 Å². The molecule has 3 rings (SSSR count). The first-order chi connectivity index (χ1) is 11.2. The molecular weight excluding hydrogens is 333 g/mol. The minimum Gasteiger partial charge on any atom is -0.104 e. The molecule has 0 amide bonds. The molecule has 23 heavy (non-hydrogen) atoms. The zero-order valence-corrected chi connectivity index (χ0v) is 16.0. The van der Waals surface area contributed by atoms with Gasteiger partial charge in [0, 0.05) is 0 Å². The standard InChI is InChI=1S/C20H19P3/c1-2-15-13-14-18(20(22)19(15)21)23(16-9-5-3-6-10-16)17-11-7-4-8-12-17/h2-14H,1,21-22H2. The average molecular weight is 352 g/mol. The largest absolute Gasteiger partial charge is 0.104 e. The highest BCUT2D eigenvalue weighted by Crippen LogP contribution is 2.32. The van der Waals surface area contributed by atoms with Crippen LogP contribution in [-0.4, -0.2) is 0 Å². The normalized spacial score (nSPS) is 10.7. The third-order valence-electron chi connectivity index (χ3n) is 3.79. The van der Waals surface area contributed by atoms with Crippen molar-refractivity contribution < 1.29 is 0 Å². The van der Waals surface area contributed by atoms with Gasteiger partial charge in [0.1, 0.15) is 0 Å². The van der Waals surface area contributed by atoms with Crippen LogP contribution in [0, 0.1) is 0 Å². The van der Waals surface area contributed by atoms with Crippen LogP contribution in [0.5, 0.6) is 0 Å². The van der Waals surface area contributed by atoms with E-state index in [-0.39, 0.29) is 0 Å². The van der Waals surface area contributed by atoms with Gasteiger partial charge in [-0.25, -0.2) is 0 Å². The maximum absolute atomic E-state index is 3.91. The Kier molecular flexibility index (Phi) is 5.40. The lowest BCUT2D eigenvalue weighted by Crippen LogP contribution is -2.34. The van der Waals surface area contributed by atoms with E-state index in [1.807, 2.05) is 6.08 Å². The lowest BCUT2D eigenvalue weighted by Gasteiger charge is -2.22. The van der Waals surface area contributed by atoms with Gasteiger partial charge >= 0.3 is 0 Å². The van der Waals surface area contributed by atoms with Gasteiger partial charge in [-0.05, 0) is 40.0 Å². The molecule has 0 fully saturated rings. The molecule has 3 heteroatoms. The van der Waals surface area contributed by atoms with Crippen LogP contribution in [0.25, 0.3) is 6.08 Å². The van der Waals surface area contributed by atoms with Crippen molar-refractivity contribution in [2.45, 2.75) is 0 Å². The van der Waals surface area contributed by atoms with Crippen LogP contribution in [0.4, 0.5) is 0 Å².